The topological polar surface area (TPSA) is 228 Å². The Balaban J connectivity index is 1.54. The van der Waals surface area contributed by atoms with E-state index in [1.807, 2.05) is 6.08 Å². The van der Waals surface area contributed by atoms with Gasteiger partial charge in [-0.05, 0) is 77.0 Å². The minimum Gasteiger partial charge on any atom is -0.394 e. The van der Waals surface area contributed by atoms with E-state index in [9.17, 15) is 45.6 Å². The molecule has 88 heavy (non-hydrogen) atoms. The zero-order valence-corrected chi connectivity index (χ0v) is 55.4. The molecule has 0 bridgehead atoms. The average Bonchev–Trinajstić information content (AvgIpc) is 2.45. The second-order valence-corrected chi connectivity index (χ2v) is 25.0. The van der Waals surface area contributed by atoms with Gasteiger partial charge >= 0.3 is 0 Å². The third-order valence-electron chi connectivity index (χ3n) is 17.1. The Hall–Kier alpha value is -2.83. The van der Waals surface area contributed by atoms with Crippen LogP contribution in [0.3, 0.4) is 0 Å². The number of ether oxygens (including phenoxy) is 4. The van der Waals surface area contributed by atoms with Gasteiger partial charge in [-0.2, -0.15) is 0 Å². The maximum absolute atomic E-state index is 13.3. The highest BCUT2D eigenvalue weighted by atomic mass is 16.7. The van der Waals surface area contributed by atoms with Gasteiger partial charge in [-0.3, -0.25) is 4.79 Å². The van der Waals surface area contributed by atoms with Gasteiger partial charge in [0.2, 0.25) is 5.91 Å². The number of nitrogens with one attached hydrogen (secondary N) is 1. The Labute approximate surface area is 535 Å². The Morgan fingerprint density at radius 2 is 0.795 bits per heavy atom. The Morgan fingerprint density at radius 3 is 1.25 bits per heavy atom. The number of hydrogen-bond acceptors (Lipinski definition) is 13. The Bertz CT molecular complexity index is 1800. The number of rotatable bonds is 58. The predicted octanol–water partition coefficient (Wildman–Crippen LogP) is 14.8. The van der Waals surface area contributed by atoms with Crippen molar-refractivity contribution in [2.45, 2.75) is 357 Å². The van der Waals surface area contributed by atoms with Crippen molar-refractivity contribution >= 4 is 5.91 Å². The molecular formula is C74H131NO13. The van der Waals surface area contributed by atoms with Crippen LogP contribution in [0.1, 0.15) is 284 Å². The van der Waals surface area contributed by atoms with Crippen LogP contribution in [0.25, 0.3) is 0 Å². The molecule has 2 aliphatic rings. The number of aliphatic hydroxyl groups excluding tert-OH is 8. The van der Waals surface area contributed by atoms with Gasteiger partial charge in [0.25, 0.3) is 0 Å². The molecule has 0 radical (unpaired) electrons. The van der Waals surface area contributed by atoms with E-state index < -0.39 is 86.8 Å². The van der Waals surface area contributed by atoms with E-state index in [1.54, 1.807) is 6.08 Å². The van der Waals surface area contributed by atoms with Gasteiger partial charge in [0.05, 0.1) is 32.0 Å². The highest BCUT2D eigenvalue weighted by Gasteiger charge is 2.51. The van der Waals surface area contributed by atoms with Crippen molar-refractivity contribution in [1.82, 2.24) is 5.32 Å². The van der Waals surface area contributed by atoms with Gasteiger partial charge in [0, 0.05) is 6.42 Å². The van der Waals surface area contributed by atoms with Gasteiger partial charge in [-0.25, -0.2) is 0 Å². The summed E-state index contributed by atoms with van der Waals surface area (Å²) in [7, 11) is 0. The maximum atomic E-state index is 13.3. The fraction of sp³-hybridized carbons (Fsp3) is 0.797. The lowest BCUT2D eigenvalue weighted by atomic mass is 9.97. The van der Waals surface area contributed by atoms with Crippen LogP contribution < -0.4 is 5.32 Å². The molecule has 2 heterocycles. The van der Waals surface area contributed by atoms with Crippen molar-refractivity contribution in [3.8, 4) is 0 Å². The van der Waals surface area contributed by atoms with Crippen molar-refractivity contribution < 1.29 is 64.6 Å². The van der Waals surface area contributed by atoms with Gasteiger partial charge in [0.1, 0.15) is 48.8 Å². The lowest BCUT2D eigenvalue weighted by Crippen LogP contribution is -2.65. The smallest absolute Gasteiger partial charge is 0.220 e. The zero-order chi connectivity index (χ0) is 63.8. The van der Waals surface area contributed by atoms with Crippen LogP contribution in [0.2, 0.25) is 0 Å². The summed E-state index contributed by atoms with van der Waals surface area (Å²) in [5, 5.41) is 87.2. The van der Waals surface area contributed by atoms with Crippen LogP contribution in [0.15, 0.2) is 85.1 Å². The van der Waals surface area contributed by atoms with Crippen molar-refractivity contribution in [1.29, 1.82) is 0 Å². The van der Waals surface area contributed by atoms with Gasteiger partial charge in [-0.15, -0.1) is 0 Å². The predicted molar refractivity (Wildman–Crippen MR) is 360 cm³/mol. The minimum atomic E-state index is -1.79. The molecule has 2 fully saturated rings. The molecule has 1 amide bonds. The number of carbonyl (C=O) groups excluding carboxylic acids is 1. The number of aliphatic hydroxyl groups is 8. The van der Waals surface area contributed by atoms with Gasteiger partial charge in [0.15, 0.2) is 12.6 Å². The standard InChI is InChI=1S/C74H131NO13/c1-3-5-7-9-11-13-15-17-18-19-20-21-22-23-24-25-26-27-28-29-30-31-32-33-34-35-36-37-38-39-40-41-42-43-44-46-48-50-52-54-56-58-66(79)75-62(63(78)57-55-53-51-49-47-45-16-14-12-10-8-6-4-2)61-85-73-71(84)69(82)72(65(60-77)87-73)88-74-70(83)68(81)67(80)64(59-76)86-74/h5,7,11,13,17-18,20-21,23-24,47,49,55,57,62-65,67-74,76-78,80-84H,3-4,6,8-10,12,14-16,19,22,25-46,48,50-54,56,58-61H2,1-2H3,(H,75,79)/b7-5-,13-11-,18-17-,21-20-,24-23-,49-47+,57-55+. The summed E-state index contributed by atoms with van der Waals surface area (Å²) >= 11 is 0. The minimum absolute atomic E-state index is 0.247. The normalized spacial score (nSPS) is 23.7. The Kier molecular flexibility index (Phi) is 53.6. The highest BCUT2D eigenvalue weighted by molar-refractivity contribution is 5.76. The SMILES string of the molecule is CC/C=C\C/C=C\C/C=C\C/C=C\C/C=C\CCCCCCCCCCCCCCCCCCCCCCCCCCCC(=O)NC(COC1OC(CO)C(OC2OC(CO)C(O)C(O)C2O)C(O)C1O)C(O)/C=C/CC/C=C/CCCCCCCCC. The molecule has 2 saturated heterocycles. The first-order valence-electron chi connectivity index (χ1n) is 35.8. The molecule has 0 saturated carbocycles. The molecular weight excluding hydrogens is 1110 g/mol. The fourth-order valence-electron chi connectivity index (χ4n) is 11.4. The summed E-state index contributed by atoms with van der Waals surface area (Å²) in [5.41, 5.74) is 0. The van der Waals surface area contributed by atoms with Crippen LogP contribution in [-0.2, 0) is 23.7 Å². The van der Waals surface area contributed by atoms with E-state index in [4.69, 9.17) is 18.9 Å². The molecule has 9 N–H and O–H groups in total. The van der Waals surface area contributed by atoms with Gasteiger partial charge < -0.3 is 65.1 Å². The molecule has 0 aliphatic carbocycles. The maximum Gasteiger partial charge on any atom is 0.220 e. The van der Waals surface area contributed by atoms with Gasteiger partial charge in [-0.1, -0.05) is 285 Å². The largest absolute Gasteiger partial charge is 0.394 e. The molecule has 2 aliphatic heterocycles. The summed E-state index contributed by atoms with van der Waals surface area (Å²) < 4.78 is 22.8. The third kappa shape index (κ3) is 41.6. The van der Waals surface area contributed by atoms with E-state index in [0.717, 1.165) is 64.2 Å². The summed E-state index contributed by atoms with van der Waals surface area (Å²) in [6, 6.07) is -0.932. The first-order chi connectivity index (χ1) is 43.1. The van der Waals surface area contributed by atoms with E-state index >= 15 is 0 Å². The molecule has 12 atom stereocenters. The molecule has 2 rings (SSSR count). The molecule has 0 aromatic carbocycles. The van der Waals surface area contributed by atoms with E-state index in [1.165, 1.54) is 186 Å². The van der Waals surface area contributed by atoms with Crippen LogP contribution in [0, 0.1) is 0 Å². The molecule has 14 nitrogen and oxygen atoms in total. The molecule has 0 spiro atoms. The second kappa shape index (κ2) is 58.0. The Morgan fingerprint density at radius 1 is 0.420 bits per heavy atom. The molecule has 14 heteroatoms. The fourth-order valence-corrected chi connectivity index (χ4v) is 11.4. The number of amides is 1. The van der Waals surface area contributed by atoms with Crippen molar-refractivity contribution in [2.24, 2.45) is 0 Å². The third-order valence-corrected chi connectivity index (χ3v) is 17.1. The van der Waals surface area contributed by atoms with Crippen LogP contribution >= 0.6 is 0 Å². The van der Waals surface area contributed by atoms with E-state index in [-0.39, 0.29) is 18.9 Å². The molecule has 12 unspecified atom stereocenters. The van der Waals surface area contributed by atoms with E-state index in [0.29, 0.717) is 12.8 Å². The first kappa shape index (κ1) is 81.3. The van der Waals surface area contributed by atoms with Crippen LogP contribution in [-0.4, -0.2) is 140 Å². The second-order valence-electron chi connectivity index (χ2n) is 25.0. The number of carbonyl (C=O) groups is 1. The summed E-state index contributed by atoms with van der Waals surface area (Å²) in [6.45, 7) is 2.66. The van der Waals surface area contributed by atoms with Crippen LogP contribution in [0.5, 0.6) is 0 Å². The summed E-state index contributed by atoms with van der Waals surface area (Å²) in [4.78, 5) is 13.3. The zero-order valence-electron chi connectivity index (χ0n) is 55.4. The van der Waals surface area contributed by atoms with Crippen molar-refractivity contribution in [3.63, 3.8) is 0 Å². The lowest BCUT2D eigenvalue weighted by molar-refractivity contribution is -0.359. The van der Waals surface area contributed by atoms with Crippen LogP contribution in [0.4, 0.5) is 0 Å². The number of unbranched alkanes of at least 4 members (excludes halogenated alkanes) is 33. The summed E-state index contributed by atoms with van der Waals surface area (Å²) in [6.07, 6.45) is 63.9. The summed E-state index contributed by atoms with van der Waals surface area (Å²) in [5.74, 6) is -0.247. The first-order valence-corrected chi connectivity index (χ1v) is 35.8. The molecule has 510 valence electrons. The molecule has 0 aromatic rings. The number of allylic oxidation sites excluding steroid dienone is 13. The molecule has 0 aromatic heterocycles. The van der Waals surface area contributed by atoms with E-state index in [2.05, 4.69) is 92.1 Å². The quantitative estimate of drug-likeness (QED) is 0.0204. The average molecular weight is 1240 g/mol. The number of hydrogen-bond donors (Lipinski definition) is 9. The van der Waals surface area contributed by atoms with Crippen molar-refractivity contribution in [3.05, 3.63) is 85.1 Å². The highest BCUT2D eigenvalue weighted by Crippen LogP contribution is 2.30. The lowest BCUT2D eigenvalue weighted by Gasteiger charge is -2.46. The van der Waals surface area contributed by atoms with Crippen molar-refractivity contribution in [2.75, 3.05) is 19.8 Å². The monoisotopic (exact) mass is 1240 g/mol.